The van der Waals surface area contributed by atoms with Crippen LogP contribution >= 0.6 is 0 Å². The van der Waals surface area contributed by atoms with Gasteiger partial charge in [-0.2, -0.15) is 0 Å². The van der Waals surface area contributed by atoms with Gasteiger partial charge in [-0.05, 0) is 49.2 Å². The molecule has 3 N–H and O–H groups in total. The molecule has 0 spiro atoms. The Balaban J connectivity index is 0.000000388. The number of carbonyl (C=O) groups excluding carboxylic acids is 2. The predicted octanol–water partition coefficient (Wildman–Crippen LogP) is 6.23. The molecule has 3 rings (SSSR count). The summed E-state index contributed by atoms with van der Waals surface area (Å²) in [5.74, 6) is 0.407. The van der Waals surface area contributed by atoms with Crippen LogP contribution < -0.4 is 10.6 Å². The van der Waals surface area contributed by atoms with Crippen LogP contribution in [0.2, 0.25) is 0 Å². The average Bonchev–Trinajstić information content (AvgIpc) is 2.90. The zero-order valence-electron chi connectivity index (χ0n) is 20.9. The molecule has 0 aliphatic heterocycles. The maximum absolute atomic E-state index is 12.2. The molecule has 1 aromatic heterocycles. The molecule has 0 bridgehead atoms. The van der Waals surface area contributed by atoms with Crippen molar-refractivity contribution in [3.63, 3.8) is 0 Å². The number of aldehydes is 1. The van der Waals surface area contributed by atoms with Crippen molar-refractivity contribution in [1.82, 2.24) is 4.98 Å². The Bertz CT molecular complexity index is 1260. The SMILES string of the molecule is C=C/C=C(C)\C(C=O)=C/C.CNc1ccc(-c2cccc(NC(=O)Cc3ccccc3)n2)cc1C=N. The monoisotopic (exact) mass is 480 g/mol. The summed E-state index contributed by atoms with van der Waals surface area (Å²) in [7, 11) is 1.82. The third kappa shape index (κ3) is 8.33. The first-order valence-electron chi connectivity index (χ1n) is 11.5. The summed E-state index contributed by atoms with van der Waals surface area (Å²) in [5, 5.41) is 13.4. The minimum absolute atomic E-state index is 0.105. The van der Waals surface area contributed by atoms with E-state index in [2.05, 4.69) is 22.2 Å². The largest absolute Gasteiger partial charge is 0.388 e. The van der Waals surface area contributed by atoms with E-state index >= 15 is 0 Å². The molecule has 0 unspecified atom stereocenters. The van der Waals surface area contributed by atoms with Crippen LogP contribution in [0.4, 0.5) is 11.5 Å². The van der Waals surface area contributed by atoms with Crippen LogP contribution in [-0.4, -0.2) is 30.4 Å². The van der Waals surface area contributed by atoms with Crippen LogP contribution in [0.5, 0.6) is 0 Å². The summed E-state index contributed by atoms with van der Waals surface area (Å²) < 4.78 is 0. The third-order valence-corrected chi connectivity index (χ3v) is 5.26. The Labute approximate surface area is 213 Å². The summed E-state index contributed by atoms with van der Waals surface area (Å²) in [6.45, 7) is 7.25. The first-order valence-corrected chi connectivity index (χ1v) is 11.5. The normalized spacial score (nSPS) is 11.0. The van der Waals surface area contributed by atoms with Gasteiger partial charge in [0.05, 0.1) is 12.1 Å². The number of anilines is 2. The first kappa shape index (κ1) is 27.7. The molecule has 0 aliphatic carbocycles. The molecule has 0 radical (unpaired) electrons. The van der Waals surface area contributed by atoms with E-state index in [0.717, 1.165) is 45.5 Å². The van der Waals surface area contributed by atoms with Gasteiger partial charge in [0.2, 0.25) is 5.91 Å². The molecule has 36 heavy (non-hydrogen) atoms. The van der Waals surface area contributed by atoms with Crippen LogP contribution in [0, 0.1) is 5.41 Å². The maximum atomic E-state index is 12.2. The van der Waals surface area contributed by atoms with Gasteiger partial charge in [0.25, 0.3) is 0 Å². The zero-order chi connectivity index (χ0) is 26.3. The Kier molecular flexibility index (Phi) is 11.2. The van der Waals surface area contributed by atoms with Gasteiger partial charge < -0.3 is 16.0 Å². The fourth-order valence-corrected chi connectivity index (χ4v) is 3.36. The van der Waals surface area contributed by atoms with E-state index in [1.165, 1.54) is 6.21 Å². The van der Waals surface area contributed by atoms with E-state index in [9.17, 15) is 9.59 Å². The molecule has 6 nitrogen and oxygen atoms in total. The van der Waals surface area contributed by atoms with Crippen molar-refractivity contribution in [2.75, 3.05) is 17.7 Å². The highest BCUT2D eigenvalue weighted by molar-refractivity contribution is 5.92. The number of amides is 1. The van der Waals surface area contributed by atoms with Crippen molar-refractivity contribution < 1.29 is 9.59 Å². The highest BCUT2D eigenvalue weighted by atomic mass is 16.1. The molecule has 2 aromatic carbocycles. The van der Waals surface area contributed by atoms with Crippen molar-refractivity contribution >= 4 is 29.9 Å². The Morgan fingerprint density at radius 1 is 1.08 bits per heavy atom. The fourth-order valence-electron chi connectivity index (χ4n) is 3.36. The van der Waals surface area contributed by atoms with Crippen molar-refractivity contribution in [2.24, 2.45) is 0 Å². The van der Waals surface area contributed by atoms with Gasteiger partial charge in [-0.3, -0.25) is 9.59 Å². The second kappa shape index (κ2) is 14.6. The van der Waals surface area contributed by atoms with Gasteiger partial charge in [0.1, 0.15) is 12.1 Å². The average molecular weight is 481 g/mol. The van der Waals surface area contributed by atoms with E-state index in [1.807, 2.05) is 87.6 Å². The summed E-state index contributed by atoms with van der Waals surface area (Å²) >= 11 is 0. The molecule has 6 heteroatoms. The first-order chi connectivity index (χ1) is 17.4. The zero-order valence-corrected chi connectivity index (χ0v) is 20.9. The van der Waals surface area contributed by atoms with Gasteiger partial charge in [-0.25, -0.2) is 4.98 Å². The number of allylic oxidation sites excluding steroid dienone is 5. The highest BCUT2D eigenvalue weighted by Gasteiger charge is 2.08. The molecule has 3 aromatic rings. The van der Waals surface area contributed by atoms with E-state index < -0.39 is 0 Å². The fraction of sp³-hybridized carbons (Fsp3) is 0.133. The minimum Gasteiger partial charge on any atom is -0.388 e. The molecule has 0 aliphatic rings. The van der Waals surface area contributed by atoms with Crippen molar-refractivity contribution in [3.05, 3.63) is 114 Å². The summed E-state index contributed by atoms with van der Waals surface area (Å²) in [5.41, 5.74) is 5.93. The van der Waals surface area contributed by atoms with Gasteiger partial charge in [0.15, 0.2) is 0 Å². The Morgan fingerprint density at radius 2 is 1.83 bits per heavy atom. The number of benzene rings is 2. The second-order valence-corrected chi connectivity index (χ2v) is 7.76. The number of aromatic nitrogens is 1. The molecule has 1 amide bonds. The molecule has 184 valence electrons. The quantitative estimate of drug-likeness (QED) is 0.146. The molecule has 0 fully saturated rings. The number of rotatable bonds is 9. The lowest BCUT2D eigenvalue weighted by atomic mass is 10.1. The molecule has 0 atom stereocenters. The lowest BCUT2D eigenvalue weighted by Gasteiger charge is -2.09. The van der Waals surface area contributed by atoms with E-state index in [1.54, 1.807) is 18.2 Å². The van der Waals surface area contributed by atoms with Crippen LogP contribution in [0.3, 0.4) is 0 Å². The smallest absolute Gasteiger partial charge is 0.229 e. The van der Waals surface area contributed by atoms with Crippen molar-refractivity contribution in [3.8, 4) is 11.3 Å². The standard InChI is InChI=1S/C21H20N4O.C9H12O/c1-23-18-11-10-16(13-17(18)14-22)19-8-5-9-20(24-19)25-21(26)12-15-6-3-2-4-7-15;1-4-6-8(3)9(5-2)7-10/h2-11,13-14,22-23H,12H2,1H3,(H,24,25,26);4-7H,1H2,2-3H3/b;8-6-,9-5-. The Hall–Kier alpha value is -4.58. The van der Waals surface area contributed by atoms with Gasteiger partial charge >= 0.3 is 0 Å². The lowest BCUT2D eigenvalue weighted by molar-refractivity contribution is -0.115. The minimum atomic E-state index is -0.105. The van der Waals surface area contributed by atoms with Crippen LogP contribution in [0.1, 0.15) is 25.0 Å². The summed E-state index contributed by atoms with van der Waals surface area (Å²) in [6.07, 6.45) is 7.71. The highest BCUT2D eigenvalue weighted by Crippen LogP contribution is 2.24. The topological polar surface area (TPSA) is 94.9 Å². The molecule has 0 saturated carbocycles. The number of nitrogens with zero attached hydrogens (tertiary/aromatic N) is 1. The number of nitrogens with one attached hydrogen (secondary N) is 3. The van der Waals surface area contributed by atoms with E-state index in [4.69, 9.17) is 5.41 Å². The molecule has 1 heterocycles. The van der Waals surface area contributed by atoms with Crippen molar-refractivity contribution in [2.45, 2.75) is 20.3 Å². The number of carbonyl (C=O) groups is 2. The molecular weight excluding hydrogens is 448 g/mol. The number of pyridine rings is 1. The van der Waals surface area contributed by atoms with Gasteiger partial charge in [0, 0.05) is 35.6 Å². The van der Waals surface area contributed by atoms with Crippen LogP contribution in [-0.2, 0) is 16.0 Å². The third-order valence-electron chi connectivity index (χ3n) is 5.26. The van der Waals surface area contributed by atoms with Gasteiger partial charge in [-0.15, -0.1) is 0 Å². The number of hydrogen-bond donors (Lipinski definition) is 3. The van der Waals surface area contributed by atoms with E-state index in [-0.39, 0.29) is 5.91 Å². The maximum Gasteiger partial charge on any atom is 0.229 e. The predicted molar refractivity (Wildman–Crippen MR) is 150 cm³/mol. The van der Waals surface area contributed by atoms with Crippen molar-refractivity contribution in [1.29, 1.82) is 5.41 Å². The number of hydrogen-bond acceptors (Lipinski definition) is 5. The molecular formula is C30H32N4O2. The summed E-state index contributed by atoms with van der Waals surface area (Å²) in [4.78, 5) is 27.1. The van der Waals surface area contributed by atoms with E-state index in [0.29, 0.717) is 12.2 Å². The molecule has 0 saturated heterocycles. The summed E-state index contributed by atoms with van der Waals surface area (Å²) in [6, 6.07) is 20.9. The van der Waals surface area contributed by atoms with Crippen LogP contribution in [0.15, 0.2) is 103 Å². The van der Waals surface area contributed by atoms with Crippen LogP contribution in [0.25, 0.3) is 11.3 Å². The van der Waals surface area contributed by atoms with Gasteiger partial charge in [-0.1, -0.05) is 67.3 Å². The lowest BCUT2D eigenvalue weighted by Crippen LogP contribution is -2.15. The Morgan fingerprint density at radius 3 is 2.44 bits per heavy atom. The second-order valence-electron chi connectivity index (χ2n) is 7.76.